The normalized spacial score (nSPS) is 16.3. The van der Waals surface area contributed by atoms with Crippen molar-refractivity contribution >= 4 is 11.6 Å². The van der Waals surface area contributed by atoms with Crippen LogP contribution in [0, 0.1) is 17.0 Å². The highest BCUT2D eigenvalue weighted by Gasteiger charge is 2.17. The van der Waals surface area contributed by atoms with Gasteiger partial charge in [0.15, 0.2) is 5.96 Å². The number of nitrogens with zero attached hydrogens (tertiary/aromatic N) is 4. The Morgan fingerprint density at radius 3 is 3.03 bits per heavy atom. The van der Waals surface area contributed by atoms with Gasteiger partial charge in [-0.2, -0.15) is 5.10 Å². The second-order valence-corrected chi connectivity index (χ2v) is 7.40. The van der Waals surface area contributed by atoms with Crippen LogP contribution in [0.25, 0.3) is 0 Å². The Labute approximate surface area is 181 Å². The number of hydrogen-bond donors (Lipinski definition) is 2. The van der Waals surface area contributed by atoms with Crippen LogP contribution in [0.3, 0.4) is 0 Å². The van der Waals surface area contributed by atoms with Crippen LogP contribution in [-0.2, 0) is 17.8 Å². The summed E-state index contributed by atoms with van der Waals surface area (Å²) in [6.45, 7) is 7.59. The predicted molar refractivity (Wildman–Crippen MR) is 117 cm³/mol. The van der Waals surface area contributed by atoms with Gasteiger partial charge >= 0.3 is 5.69 Å². The van der Waals surface area contributed by atoms with E-state index in [9.17, 15) is 10.1 Å². The Hall–Kier alpha value is -3.14. The fourth-order valence-corrected chi connectivity index (χ4v) is 3.25. The third-order valence-corrected chi connectivity index (χ3v) is 4.89. The first kappa shape index (κ1) is 22.5. The van der Waals surface area contributed by atoms with E-state index >= 15 is 0 Å². The molecule has 10 heteroatoms. The van der Waals surface area contributed by atoms with Crippen molar-refractivity contribution in [2.45, 2.75) is 45.9 Å². The molecule has 0 amide bonds. The molecule has 2 aromatic rings. The molecule has 168 valence electrons. The zero-order chi connectivity index (χ0) is 22.1. The van der Waals surface area contributed by atoms with E-state index in [1.165, 1.54) is 17.1 Å². The summed E-state index contributed by atoms with van der Waals surface area (Å²) >= 11 is 0. The number of hydrogen-bond acceptors (Lipinski definition) is 6. The largest absolute Gasteiger partial charge is 0.491 e. The summed E-state index contributed by atoms with van der Waals surface area (Å²) in [5.74, 6) is 1.49. The summed E-state index contributed by atoms with van der Waals surface area (Å²) in [6.07, 6.45) is 4.94. The van der Waals surface area contributed by atoms with Crippen LogP contribution in [0.5, 0.6) is 5.75 Å². The molecule has 0 bridgehead atoms. The van der Waals surface area contributed by atoms with E-state index < -0.39 is 4.92 Å². The summed E-state index contributed by atoms with van der Waals surface area (Å²) in [5, 5.41) is 21.2. The molecule has 1 unspecified atom stereocenters. The fourth-order valence-electron chi connectivity index (χ4n) is 3.25. The first-order chi connectivity index (χ1) is 15.0. The third-order valence-electron chi connectivity index (χ3n) is 4.89. The van der Waals surface area contributed by atoms with Crippen LogP contribution in [0.15, 0.2) is 35.6 Å². The highest BCUT2D eigenvalue weighted by Crippen LogP contribution is 2.23. The minimum atomic E-state index is -0.456. The minimum absolute atomic E-state index is 0.0181. The Morgan fingerprint density at radius 2 is 2.32 bits per heavy atom. The molecule has 1 atom stereocenters. The van der Waals surface area contributed by atoms with E-state index in [0.29, 0.717) is 32.2 Å². The lowest BCUT2D eigenvalue weighted by Gasteiger charge is -2.15. The van der Waals surface area contributed by atoms with Gasteiger partial charge in [-0.25, -0.2) is 4.99 Å². The Balaban J connectivity index is 1.57. The summed E-state index contributed by atoms with van der Waals surface area (Å²) in [6, 6.07) is 6.12. The van der Waals surface area contributed by atoms with Gasteiger partial charge in [0.25, 0.3) is 0 Å². The van der Waals surface area contributed by atoms with Crippen molar-refractivity contribution in [2.75, 3.05) is 26.3 Å². The van der Waals surface area contributed by atoms with Crippen LogP contribution < -0.4 is 15.4 Å². The number of ether oxygens (including phenoxy) is 2. The van der Waals surface area contributed by atoms with Gasteiger partial charge in [0.1, 0.15) is 24.8 Å². The number of guanidine groups is 1. The molecule has 2 heterocycles. The smallest absolute Gasteiger partial charge is 0.306 e. The van der Waals surface area contributed by atoms with Crippen molar-refractivity contribution in [3.05, 3.63) is 51.8 Å². The van der Waals surface area contributed by atoms with Crippen LogP contribution >= 0.6 is 0 Å². The molecule has 3 rings (SSSR count). The fraction of sp³-hybridized carbons (Fsp3) is 0.524. The molecule has 0 aliphatic carbocycles. The number of nitrogens with one attached hydrogen (secondary N) is 2. The molecule has 0 spiro atoms. The molecular weight excluding hydrogens is 400 g/mol. The second-order valence-electron chi connectivity index (χ2n) is 7.40. The molecule has 1 aromatic carbocycles. The average molecular weight is 431 g/mol. The zero-order valence-corrected chi connectivity index (χ0v) is 18.0. The van der Waals surface area contributed by atoms with E-state index in [-0.39, 0.29) is 11.8 Å². The van der Waals surface area contributed by atoms with Gasteiger partial charge in [0.2, 0.25) is 0 Å². The van der Waals surface area contributed by atoms with Gasteiger partial charge in [-0.05, 0) is 38.3 Å². The van der Waals surface area contributed by atoms with E-state index in [1.807, 2.05) is 26.0 Å². The maximum atomic E-state index is 10.8. The van der Waals surface area contributed by atoms with E-state index in [0.717, 1.165) is 42.9 Å². The van der Waals surface area contributed by atoms with Crippen molar-refractivity contribution in [1.29, 1.82) is 0 Å². The predicted octanol–water partition coefficient (Wildman–Crippen LogP) is 2.41. The number of benzene rings is 1. The van der Waals surface area contributed by atoms with Gasteiger partial charge in [0, 0.05) is 25.3 Å². The molecule has 1 aliphatic rings. The first-order valence-corrected chi connectivity index (χ1v) is 10.6. The highest BCUT2D eigenvalue weighted by atomic mass is 16.6. The quantitative estimate of drug-likeness (QED) is 0.257. The third kappa shape index (κ3) is 6.95. The molecule has 1 aromatic heterocycles. The van der Waals surface area contributed by atoms with Crippen molar-refractivity contribution in [3.63, 3.8) is 0 Å². The van der Waals surface area contributed by atoms with Crippen molar-refractivity contribution in [1.82, 2.24) is 20.4 Å². The number of aliphatic imine (C=N–C) groups is 1. The number of rotatable bonds is 10. The standard InChI is InChI=1S/C21H30N6O4/c1-3-22-21(23-8-9-26-14-18(13-25-26)27(28)29)24-12-17-7-6-16(2)11-20(17)31-15-19-5-4-10-30-19/h6-7,11,13-14,19H,3-5,8-10,12,15H2,1-2H3,(H2,22,23,24). The summed E-state index contributed by atoms with van der Waals surface area (Å²) < 4.78 is 13.2. The average Bonchev–Trinajstić information content (AvgIpc) is 3.43. The second kappa shape index (κ2) is 11.3. The van der Waals surface area contributed by atoms with Gasteiger partial charge in [-0.15, -0.1) is 0 Å². The van der Waals surface area contributed by atoms with E-state index in [2.05, 4.69) is 26.8 Å². The summed E-state index contributed by atoms with van der Waals surface area (Å²) in [7, 11) is 0. The lowest BCUT2D eigenvalue weighted by molar-refractivity contribution is -0.385. The van der Waals surface area contributed by atoms with Crippen LogP contribution in [0.2, 0.25) is 0 Å². The molecule has 31 heavy (non-hydrogen) atoms. The van der Waals surface area contributed by atoms with E-state index in [1.54, 1.807) is 0 Å². The van der Waals surface area contributed by atoms with Gasteiger partial charge in [0.05, 0.1) is 24.1 Å². The SMILES string of the molecule is CCNC(=NCc1ccc(C)cc1OCC1CCCO1)NCCn1cc([N+](=O)[O-])cn1. The van der Waals surface area contributed by atoms with Gasteiger partial charge in [-0.1, -0.05) is 12.1 Å². The topological polar surface area (TPSA) is 116 Å². The van der Waals surface area contributed by atoms with Crippen LogP contribution in [-0.4, -0.2) is 53.1 Å². The molecule has 10 nitrogen and oxygen atoms in total. The Morgan fingerprint density at radius 1 is 1.45 bits per heavy atom. The maximum Gasteiger partial charge on any atom is 0.306 e. The highest BCUT2D eigenvalue weighted by molar-refractivity contribution is 5.79. The molecule has 1 fully saturated rings. The van der Waals surface area contributed by atoms with Crippen molar-refractivity contribution in [3.8, 4) is 5.75 Å². The van der Waals surface area contributed by atoms with Crippen LogP contribution in [0.1, 0.15) is 30.9 Å². The Bertz CT molecular complexity index is 892. The number of aryl methyl sites for hydroxylation is 1. The van der Waals surface area contributed by atoms with Gasteiger partial charge in [-0.3, -0.25) is 14.8 Å². The number of aromatic nitrogens is 2. The first-order valence-electron chi connectivity index (χ1n) is 10.6. The van der Waals surface area contributed by atoms with Crippen LogP contribution in [0.4, 0.5) is 5.69 Å². The zero-order valence-electron chi connectivity index (χ0n) is 18.0. The summed E-state index contributed by atoms with van der Waals surface area (Å²) in [4.78, 5) is 15.0. The Kier molecular flexibility index (Phi) is 8.22. The van der Waals surface area contributed by atoms with Crippen molar-refractivity contribution < 1.29 is 14.4 Å². The minimum Gasteiger partial charge on any atom is -0.491 e. The van der Waals surface area contributed by atoms with Crippen molar-refractivity contribution in [2.24, 2.45) is 4.99 Å². The monoisotopic (exact) mass is 430 g/mol. The molecular formula is C21H30N6O4. The van der Waals surface area contributed by atoms with E-state index in [4.69, 9.17) is 9.47 Å². The molecule has 0 saturated carbocycles. The molecule has 0 radical (unpaired) electrons. The summed E-state index contributed by atoms with van der Waals surface area (Å²) in [5.41, 5.74) is 2.12. The molecule has 2 N–H and O–H groups in total. The maximum absolute atomic E-state index is 10.8. The lowest BCUT2D eigenvalue weighted by atomic mass is 10.1. The molecule has 1 saturated heterocycles. The lowest BCUT2D eigenvalue weighted by Crippen LogP contribution is -2.38. The molecule has 1 aliphatic heterocycles. The van der Waals surface area contributed by atoms with Gasteiger partial charge < -0.3 is 20.1 Å². The number of nitro groups is 1.